The number of aromatic amines is 1. The average Bonchev–Trinajstić information content (AvgIpc) is 3.10. The molecule has 1 amide bonds. The largest absolute Gasteiger partial charge is 0.456 e. The molecule has 0 spiro atoms. The van der Waals surface area contributed by atoms with Gasteiger partial charge in [-0.25, -0.2) is 4.98 Å². The fourth-order valence-corrected chi connectivity index (χ4v) is 2.62. The molecule has 0 saturated carbocycles. The number of aryl methyl sites for hydroxylation is 1. The van der Waals surface area contributed by atoms with E-state index >= 15 is 0 Å². The van der Waals surface area contributed by atoms with Crippen LogP contribution in [0.15, 0.2) is 67.0 Å². The van der Waals surface area contributed by atoms with Crippen LogP contribution in [0.3, 0.4) is 0 Å². The number of hydrogen-bond donors (Lipinski definition) is 2. The maximum absolute atomic E-state index is 12.4. The van der Waals surface area contributed by atoms with Crippen molar-refractivity contribution in [2.75, 3.05) is 5.32 Å². The summed E-state index contributed by atoms with van der Waals surface area (Å²) in [7, 11) is 0. The minimum Gasteiger partial charge on any atom is -0.456 e. The zero-order valence-electron chi connectivity index (χ0n) is 14.1. The molecule has 128 valence electrons. The first-order chi connectivity index (χ1) is 12.7. The zero-order valence-corrected chi connectivity index (χ0v) is 14.1. The lowest BCUT2D eigenvalue weighted by Gasteiger charge is -2.07. The Labute approximate surface area is 149 Å². The fraction of sp³-hybridized carbons (Fsp3) is 0.0500. The number of nitrogens with one attached hydrogen (secondary N) is 2. The van der Waals surface area contributed by atoms with Gasteiger partial charge in [-0.3, -0.25) is 9.78 Å². The van der Waals surface area contributed by atoms with Gasteiger partial charge in [-0.05, 0) is 55.0 Å². The molecule has 0 unspecified atom stereocenters. The van der Waals surface area contributed by atoms with Crippen LogP contribution < -0.4 is 10.1 Å². The molecule has 4 rings (SSSR count). The summed E-state index contributed by atoms with van der Waals surface area (Å²) < 4.78 is 5.68. The van der Waals surface area contributed by atoms with Gasteiger partial charge in [-0.2, -0.15) is 0 Å². The standard InChI is InChI=1S/C20H16N4O2/c1-13-4-2-6-17-18(13)24-19(23-17)20(25)22-14-7-9-15(10-8-14)26-16-5-3-11-21-12-16/h2-12H,1H3,(H,22,25)(H,23,24). The van der Waals surface area contributed by atoms with Gasteiger partial charge < -0.3 is 15.0 Å². The molecule has 6 heteroatoms. The number of aromatic nitrogens is 3. The topological polar surface area (TPSA) is 79.9 Å². The van der Waals surface area contributed by atoms with Crippen molar-refractivity contribution in [2.45, 2.75) is 6.92 Å². The third kappa shape index (κ3) is 3.25. The van der Waals surface area contributed by atoms with Crippen molar-refractivity contribution in [2.24, 2.45) is 0 Å². The lowest BCUT2D eigenvalue weighted by atomic mass is 10.2. The van der Waals surface area contributed by atoms with Crippen LogP contribution in [-0.4, -0.2) is 20.9 Å². The number of nitrogens with zero attached hydrogens (tertiary/aromatic N) is 2. The molecule has 0 saturated heterocycles. The van der Waals surface area contributed by atoms with Crippen molar-refractivity contribution in [3.8, 4) is 11.5 Å². The molecule has 2 N–H and O–H groups in total. The van der Waals surface area contributed by atoms with E-state index in [2.05, 4.69) is 20.3 Å². The Hall–Kier alpha value is -3.67. The van der Waals surface area contributed by atoms with Crippen LogP contribution in [0.2, 0.25) is 0 Å². The van der Waals surface area contributed by atoms with Crippen molar-refractivity contribution in [3.05, 3.63) is 78.4 Å². The normalized spacial score (nSPS) is 10.7. The van der Waals surface area contributed by atoms with E-state index in [4.69, 9.17) is 4.74 Å². The molecule has 0 aliphatic rings. The number of rotatable bonds is 4. The highest BCUT2D eigenvalue weighted by molar-refractivity contribution is 6.03. The van der Waals surface area contributed by atoms with Crippen LogP contribution in [0, 0.1) is 6.92 Å². The summed E-state index contributed by atoms with van der Waals surface area (Å²) in [6.07, 6.45) is 3.32. The van der Waals surface area contributed by atoms with Gasteiger partial charge in [0.15, 0.2) is 5.82 Å². The average molecular weight is 344 g/mol. The lowest BCUT2D eigenvalue weighted by Crippen LogP contribution is -2.13. The number of para-hydroxylation sites is 1. The number of H-pyrrole nitrogens is 1. The van der Waals surface area contributed by atoms with Gasteiger partial charge >= 0.3 is 0 Å². The van der Waals surface area contributed by atoms with Crippen LogP contribution >= 0.6 is 0 Å². The van der Waals surface area contributed by atoms with E-state index in [0.717, 1.165) is 16.6 Å². The summed E-state index contributed by atoms with van der Waals surface area (Å²) >= 11 is 0. The van der Waals surface area contributed by atoms with Gasteiger partial charge in [0.1, 0.15) is 11.5 Å². The Morgan fingerprint density at radius 1 is 1.04 bits per heavy atom. The minimum atomic E-state index is -0.290. The molecule has 0 aliphatic heterocycles. The quantitative estimate of drug-likeness (QED) is 0.578. The number of hydrogen-bond acceptors (Lipinski definition) is 4. The second-order valence-corrected chi connectivity index (χ2v) is 5.83. The second kappa shape index (κ2) is 6.68. The summed E-state index contributed by atoms with van der Waals surface area (Å²) in [6, 6.07) is 16.5. The molecule has 2 aromatic carbocycles. The highest BCUT2D eigenvalue weighted by atomic mass is 16.5. The smallest absolute Gasteiger partial charge is 0.291 e. The Morgan fingerprint density at radius 2 is 1.88 bits per heavy atom. The van der Waals surface area contributed by atoms with Crippen molar-refractivity contribution in [1.82, 2.24) is 15.0 Å². The maximum Gasteiger partial charge on any atom is 0.291 e. The summed E-state index contributed by atoms with van der Waals surface area (Å²) in [6.45, 7) is 1.96. The third-order valence-electron chi connectivity index (χ3n) is 3.91. The molecule has 2 heterocycles. The molecule has 0 atom stereocenters. The van der Waals surface area contributed by atoms with Crippen molar-refractivity contribution in [3.63, 3.8) is 0 Å². The third-order valence-corrected chi connectivity index (χ3v) is 3.91. The number of anilines is 1. The number of pyridine rings is 1. The Bertz CT molecular complexity index is 1060. The molecule has 4 aromatic rings. The van der Waals surface area contributed by atoms with Crippen LogP contribution in [0.1, 0.15) is 16.2 Å². The Kier molecular flexibility index (Phi) is 4.07. The Balaban J connectivity index is 1.47. The summed E-state index contributed by atoms with van der Waals surface area (Å²) in [4.78, 5) is 23.9. The number of fused-ring (bicyclic) bond motifs is 1. The van der Waals surface area contributed by atoms with E-state index < -0.39 is 0 Å². The van der Waals surface area contributed by atoms with Crippen molar-refractivity contribution < 1.29 is 9.53 Å². The summed E-state index contributed by atoms with van der Waals surface area (Å²) in [5.74, 6) is 1.31. The predicted octanol–water partition coefficient (Wildman–Crippen LogP) is 4.31. The van der Waals surface area contributed by atoms with Crippen molar-refractivity contribution >= 4 is 22.6 Å². The van der Waals surface area contributed by atoms with Crippen LogP contribution in [0.5, 0.6) is 11.5 Å². The fourth-order valence-electron chi connectivity index (χ4n) is 2.62. The minimum absolute atomic E-state index is 0.282. The molecule has 0 aliphatic carbocycles. The predicted molar refractivity (Wildman–Crippen MR) is 99.5 cm³/mol. The van der Waals surface area contributed by atoms with Crippen LogP contribution in [-0.2, 0) is 0 Å². The number of amides is 1. The van der Waals surface area contributed by atoms with Gasteiger partial charge in [0.05, 0.1) is 17.2 Å². The maximum atomic E-state index is 12.4. The van der Waals surface area contributed by atoms with E-state index in [1.807, 2.05) is 31.2 Å². The van der Waals surface area contributed by atoms with Gasteiger partial charge in [-0.1, -0.05) is 12.1 Å². The molecule has 2 aromatic heterocycles. The van der Waals surface area contributed by atoms with Gasteiger partial charge in [-0.15, -0.1) is 0 Å². The molecule has 0 fully saturated rings. The highest BCUT2D eigenvalue weighted by Crippen LogP contribution is 2.22. The van der Waals surface area contributed by atoms with Crippen LogP contribution in [0.25, 0.3) is 11.0 Å². The number of benzene rings is 2. The van der Waals surface area contributed by atoms with Gasteiger partial charge in [0, 0.05) is 11.9 Å². The van der Waals surface area contributed by atoms with E-state index in [1.165, 1.54) is 0 Å². The monoisotopic (exact) mass is 344 g/mol. The highest BCUT2D eigenvalue weighted by Gasteiger charge is 2.12. The Morgan fingerprint density at radius 3 is 2.62 bits per heavy atom. The molecular weight excluding hydrogens is 328 g/mol. The SMILES string of the molecule is Cc1cccc2[nH]c(C(=O)Nc3ccc(Oc4cccnc4)cc3)nc12. The second-order valence-electron chi connectivity index (χ2n) is 5.83. The van der Waals surface area contributed by atoms with E-state index in [-0.39, 0.29) is 11.7 Å². The molecule has 26 heavy (non-hydrogen) atoms. The number of carbonyl (C=O) groups excluding carboxylic acids is 1. The first-order valence-corrected chi connectivity index (χ1v) is 8.14. The van der Waals surface area contributed by atoms with E-state index in [9.17, 15) is 4.79 Å². The van der Waals surface area contributed by atoms with Gasteiger partial charge in [0.25, 0.3) is 5.91 Å². The lowest BCUT2D eigenvalue weighted by molar-refractivity contribution is 0.101. The van der Waals surface area contributed by atoms with Crippen molar-refractivity contribution in [1.29, 1.82) is 0 Å². The molecular formula is C20H16N4O2. The van der Waals surface area contributed by atoms with Gasteiger partial charge in [0.2, 0.25) is 0 Å². The van der Waals surface area contributed by atoms with E-state index in [0.29, 0.717) is 17.2 Å². The summed E-state index contributed by atoms with van der Waals surface area (Å²) in [5.41, 5.74) is 3.33. The first kappa shape index (κ1) is 15.8. The number of imidazole rings is 1. The zero-order chi connectivity index (χ0) is 17.9. The number of ether oxygens (including phenoxy) is 1. The number of carbonyl (C=O) groups is 1. The van der Waals surface area contributed by atoms with Crippen LogP contribution in [0.4, 0.5) is 5.69 Å². The first-order valence-electron chi connectivity index (χ1n) is 8.14. The molecule has 6 nitrogen and oxygen atoms in total. The molecule has 0 radical (unpaired) electrons. The molecule has 0 bridgehead atoms. The summed E-state index contributed by atoms with van der Waals surface area (Å²) in [5, 5.41) is 2.83. The van der Waals surface area contributed by atoms with E-state index in [1.54, 1.807) is 42.7 Å².